The van der Waals surface area contributed by atoms with Gasteiger partial charge in [-0.2, -0.15) is 0 Å². The number of hydrogen-bond acceptors (Lipinski definition) is 1. The Morgan fingerprint density at radius 2 is 1.90 bits per heavy atom. The number of ketones is 1. The monoisotopic (exact) mass is 268 g/mol. The van der Waals surface area contributed by atoms with Crippen LogP contribution in [0, 0.1) is 17.8 Å². The zero-order chi connectivity index (χ0) is 14.4. The number of allylic oxidation sites excluding steroid dienone is 3. The van der Waals surface area contributed by atoms with Crippen LogP contribution in [0.1, 0.15) is 38.7 Å². The molecule has 20 heavy (non-hydrogen) atoms. The highest BCUT2D eigenvalue weighted by Crippen LogP contribution is 2.44. The average Bonchev–Trinajstić information content (AvgIpc) is 3.11. The van der Waals surface area contributed by atoms with E-state index < -0.39 is 0 Å². The molecule has 3 atom stereocenters. The topological polar surface area (TPSA) is 17.1 Å². The van der Waals surface area contributed by atoms with Crippen molar-refractivity contribution in [3.05, 3.63) is 54.1 Å². The molecule has 1 aromatic carbocycles. The number of rotatable bonds is 4. The maximum atomic E-state index is 11.9. The fourth-order valence-electron chi connectivity index (χ4n) is 3.21. The molecule has 0 amide bonds. The van der Waals surface area contributed by atoms with Crippen LogP contribution < -0.4 is 0 Å². The summed E-state index contributed by atoms with van der Waals surface area (Å²) in [6.45, 7) is 4.00. The molecule has 1 heteroatoms. The van der Waals surface area contributed by atoms with Crippen LogP contribution in [0.4, 0.5) is 0 Å². The summed E-state index contributed by atoms with van der Waals surface area (Å²) in [5.74, 6) is 2.28. The van der Waals surface area contributed by atoms with Crippen molar-refractivity contribution >= 4 is 11.9 Å². The standard InChI is InChI=1S/C17H18O.C2H6/c18-17(9-7-13-4-2-1-3-5-13)12-16-11-14-6-8-15(16)10-14;1-2/h1-9,14-16H,10-12H2;1-2H3/b9-7+;. The smallest absolute Gasteiger partial charge is 0.156 e. The van der Waals surface area contributed by atoms with Crippen molar-refractivity contribution in [1.29, 1.82) is 0 Å². The Kier molecular flexibility index (Phi) is 5.34. The lowest BCUT2D eigenvalue weighted by molar-refractivity contribution is -0.115. The first-order valence-electron chi connectivity index (χ1n) is 7.75. The lowest BCUT2D eigenvalue weighted by Crippen LogP contribution is -2.11. The summed E-state index contributed by atoms with van der Waals surface area (Å²) in [5, 5.41) is 0. The average molecular weight is 268 g/mol. The first-order chi connectivity index (χ1) is 9.81. The number of carbonyl (C=O) groups excluding carboxylic acids is 1. The maximum Gasteiger partial charge on any atom is 0.156 e. The van der Waals surface area contributed by atoms with Crippen molar-refractivity contribution in [2.24, 2.45) is 17.8 Å². The highest BCUT2D eigenvalue weighted by Gasteiger charge is 2.35. The van der Waals surface area contributed by atoms with E-state index in [4.69, 9.17) is 0 Å². The molecule has 0 aliphatic heterocycles. The van der Waals surface area contributed by atoms with Crippen LogP contribution in [0.5, 0.6) is 0 Å². The van der Waals surface area contributed by atoms with Crippen LogP contribution in [0.15, 0.2) is 48.6 Å². The van der Waals surface area contributed by atoms with Gasteiger partial charge in [-0.1, -0.05) is 62.4 Å². The van der Waals surface area contributed by atoms with E-state index in [-0.39, 0.29) is 5.78 Å². The Morgan fingerprint density at radius 3 is 2.50 bits per heavy atom. The molecule has 1 nitrogen and oxygen atoms in total. The molecule has 0 spiro atoms. The van der Waals surface area contributed by atoms with Crippen molar-refractivity contribution < 1.29 is 4.79 Å². The molecule has 0 N–H and O–H groups in total. The molecule has 2 aliphatic rings. The van der Waals surface area contributed by atoms with Gasteiger partial charge >= 0.3 is 0 Å². The van der Waals surface area contributed by atoms with Crippen molar-refractivity contribution in [3.63, 3.8) is 0 Å². The molecule has 1 fully saturated rings. The summed E-state index contributed by atoms with van der Waals surface area (Å²) in [6, 6.07) is 10.0. The van der Waals surface area contributed by atoms with E-state index in [1.807, 2.05) is 50.3 Å². The molecule has 3 rings (SSSR count). The molecular formula is C19H24O. The zero-order valence-electron chi connectivity index (χ0n) is 12.5. The van der Waals surface area contributed by atoms with Gasteiger partial charge in [-0.05, 0) is 42.2 Å². The van der Waals surface area contributed by atoms with E-state index >= 15 is 0 Å². The van der Waals surface area contributed by atoms with E-state index in [0.29, 0.717) is 11.8 Å². The van der Waals surface area contributed by atoms with Gasteiger partial charge in [-0.25, -0.2) is 0 Å². The van der Waals surface area contributed by atoms with Crippen molar-refractivity contribution in [2.45, 2.75) is 33.1 Å². The Morgan fingerprint density at radius 1 is 1.15 bits per heavy atom. The molecule has 2 bridgehead atoms. The minimum Gasteiger partial charge on any atom is -0.295 e. The van der Waals surface area contributed by atoms with Gasteiger partial charge in [0.05, 0.1) is 0 Å². The first-order valence-corrected chi connectivity index (χ1v) is 7.75. The van der Waals surface area contributed by atoms with Crippen molar-refractivity contribution in [1.82, 2.24) is 0 Å². The minimum atomic E-state index is 0.268. The van der Waals surface area contributed by atoms with Crippen molar-refractivity contribution in [3.8, 4) is 0 Å². The van der Waals surface area contributed by atoms with E-state index in [1.165, 1.54) is 12.8 Å². The van der Waals surface area contributed by atoms with Crippen LogP contribution >= 0.6 is 0 Å². The Bertz CT molecular complexity index is 484. The second-order valence-electron chi connectivity index (χ2n) is 5.45. The number of fused-ring (bicyclic) bond motifs is 2. The summed E-state index contributed by atoms with van der Waals surface area (Å²) in [5.41, 5.74) is 1.10. The lowest BCUT2D eigenvalue weighted by Gasteiger charge is -2.15. The second kappa shape index (κ2) is 7.23. The van der Waals surface area contributed by atoms with Gasteiger partial charge in [-0.15, -0.1) is 0 Å². The quantitative estimate of drug-likeness (QED) is 0.561. The van der Waals surface area contributed by atoms with E-state index in [2.05, 4.69) is 12.2 Å². The molecule has 2 aliphatic carbocycles. The summed E-state index contributed by atoms with van der Waals surface area (Å²) in [7, 11) is 0. The summed E-state index contributed by atoms with van der Waals surface area (Å²) in [6.07, 6.45) is 11.5. The molecule has 3 unspecified atom stereocenters. The SMILES string of the molecule is CC.O=C(/C=C/c1ccccc1)CC1CC2C=CC1C2. The summed E-state index contributed by atoms with van der Waals surface area (Å²) < 4.78 is 0. The third-order valence-electron chi connectivity index (χ3n) is 4.14. The van der Waals surface area contributed by atoms with Gasteiger partial charge in [-0.3, -0.25) is 4.79 Å². The summed E-state index contributed by atoms with van der Waals surface area (Å²) in [4.78, 5) is 11.9. The molecule has 0 saturated heterocycles. The number of carbonyl (C=O) groups is 1. The largest absolute Gasteiger partial charge is 0.295 e. The fourth-order valence-corrected chi connectivity index (χ4v) is 3.21. The van der Waals surface area contributed by atoms with Gasteiger partial charge in [0.1, 0.15) is 0 Å². The third kappa shape index (κ3) is 3.69. The van der Waals surface area contributed by atoms with Gasteiger partial charge in [0, 0.05) is 6.42 Å². The molecule has 1 aromatic rings. The predicted octanol–water partition coefficient (Wildman–Crippen LogP) is 4.90. The Balaban J connectivity index is 0.000000704. The van der Waals surface area contributed by atoms with Crippen LogP contribution in [-0.2, 0) is 4.79 Å². The number of benzene rings is 1. The van der Waals surface area contributed by atoms with Gasteiger partial charge in [0.25, 0.3) is 0 Å². The van der Waals surface area contributed by atoms with E-state index in [0.717, 1.165) is 17.9 Å². The van der Waals surface area contributed by atoms with Crippen molar-refractivity contribution in [2.75, 3.05) is 0 Å². The number of hydrogen-bond donors (Lipinski definition) is 0. The third-order valence-corrected chi connectivity index (χ3v) is 4.14. The predicted molar refractivity (Wildman–Crippen MR) is 85.3 cm³/mol. The fraction of sp³-hybridized carbons (Fsp3) is 0.421. The van der Waals surface area contributed by atoms with Crippen LogP contribution in [-0.4, -0.2) is 5.78 Å². The van der Waals surface area contributed by atoms with E-state index in [1.54, 1.807) is 6.08 Å². The second-order valence-corrected chi connectivity index (χ2v) is 5.45. The molecule has 106 valence electrons. The van der Waals surface area contributed by atoms with Crippen LogP contribution in [0.2, 0.25) is 0 Å². The summed E-state index contributed by atoms with van der Waals surface area (Å²) >= 11 is 0. The van der Waals surface area contributed by atoms with Crippen LogP contribution in [0.25, 0.3) is 6.08 Å². The van der Waals surface area contributed by atoms with E-state index in [9.17, 15) is 4.79 Å². The van der Waals surface area contributed by atoms with Gasteiger partial charge in [0.15, 0.2) is 5.78 Å². The minimum absolute atomic E-state index is 0.268. The zero-order valence-corrected chi connectivity index (χ0v) is 12.5. The maximum absolute atomic E-state index is 11.9. The van der Waals surface area contributed by atoms with Gasteiger partial charge in [0.2, 0.25) is 0 Å². The molecule has 0 heterocycles. The lowest BCUT2D eigenvalue weighted by atomic mass is 9.89. The molecular weight excluding hydrogens is 244 g/mol. The van der Waals surface area contributed by atoms with Gasteiger partial charge < -0.3 is 0 Å². The molecule has 0 radical (unpaired) electrons. The Hall–Kier alpha value is -1.63. The Labute approximate surface area is 122 Å². The molecule has 1 saturated carbocycles. The van der Waals surface area contributed by atoms with Crippen LogP contribution in [0.3, 0.4) is 0 Å². The highest BCUT2D eigenvalue weighted by atomic mass is 16.1. The first kappa shape index (κ1) is 14.8. The molecule has 0 aromatic heterocycles. The normalized spacial score (nSPS) is 26.6. The highest BCUT2D eigenvalue weighted by molar-refractivity contribution is 5.93.